The minimum atomic E-state index is -0.786. The summed E-state index contributed by atoms with van der Waals surface area (Å²) in [7, 11) is 2.17. The lowest BCUT2D eigenvalue weighted by Crippen LogP contribution is -2.45. The van der Waals surface area contributed by atoms with Crippen molar-refractivity contribution in [3.63, 3.8) is 0 Å². The minimum Gasteiger partial charge on any atom is -0.393 e. The number of benzene rings is 2. The van der Waals surface area contributed by atoms with E-state index in [0.29, 0.717) is 11.6 Å². The number of nitrogens with one attached hydrogen (secondary N) is 1. The van der Waals surface area contributed by atoms with Crippen molar-refractivity contribution in [2.24, 2.45) is 5.73 Å². The van der Waals surface area contributed by atoms with E-state index in [2.05, 4.69) is 51.2 Å². The Bertz CT molecular complexity index is 1620. The zero-order valence-electron chi connectivity index (χ0n) is 25.7. The minimum absolute atomic E-state index is 0. The lowest BCUT2D eigenvalue weighted by molar-refractivity contribution is 0.0999. The van der Waals surface area contributed by atoms with Gasteiger partial charge in [0.05, 0.1) is 11.5 Å². The number of hydrogen-bond donors (Lipinski definition) is 3. The predicted octanol–water partition coefficient (Wildman–Crippen LogP) is 4.39. The van der Waals surface area contributed by atoms with Gasteiger partial charge in [0.15, 0.2) is 5.65 Å². The third-order valence-electron chi connectivity index (χ3n) is 8.48. The van der Waals surface area contributed by atoms with E-state index in [9.17, 15) is 9.59 Å². The van der Waals surface area contributed by atoms with Crippen LogP contribution in [0.1, 0.15) is 56.9 Å². The summed E-state index contributed by atoms with van der Waals surface area (Å²) < 4.78 is 1.71. The highest BCUT2D eigenvalue weighted by Crippen LogP contribution is 2.21. The SMILES string of the molecule is CCc1ccc(-n2cc(C(N)=O)c(=O)c3cnc(Nc4ccc(CCN5CCN(C)CC5)cc4)nc32)cc1.OC1CCCC1.[HH].[HH]. The lowest BCUT2D eigenvalue weighted by Gasteiger charge is -2.32. The summed E-state index contributed by atoms with van der Waals surface area (Å²) in [5.74, 6) is -0.432. The largest absolute Gasteiger partial charge is 0.393 e. The molecular formula is C34H47N7O3. The van der Waals surface area contributed by atoms with Gasteiger partial charge in [0.2, 0.25) is 11.4 Å². The monoisotopic (exact) mass is 601 g/mol. The van der Waals surface area contributed by atoms with Gasteiger partial charge in [-0.25, -0.2) is 4.98 Å². The Morgan fingerprint density at radius 1 is 1.02 bits per heavy atom. The molecule has 4 N–H and O–H groups in total. The number of primary amides is 1. The van der Waals surface area contributed by atoms with Crippen LogP contribution in [0.2, 0.25) is 0 Å². The molecule has 0 bridgehead atoms. The number of likely N-dealkylation sites (N-methyl/N-ethyl adjacent to an activating group) is 1. The van der Waals surface area contributed by atoms with E-state index >= 15 is 0 Å². The Labute approximate surface area is 261 Å². The summed E-state index contributed by atoms with van der Waals surface area (Å²) in [6, 6.07) is 16.1. The standard InChI is InChI=1S/C29H33N7O2.C5H10O.2H2/c1-3-20-6-10-23(11-7-20)36-19-25(27(30)38)26(37)24-18-31-29(33-28(24)36)32-22-8-4-21(5-9-22)12-13-35-16-14-34(2)15-17-35;6-5-3-1-2-4-5;;/h4-11,18-19H,3,12-17H2,1-2H3,(H2,30,38)(H,31,32,33);5-6H,1-4H2;2*1H. The number of amides is 1. The molecule has 2 aliphatic rings. The molecule has 0 radical (unpaired) electrons. The molecule has 3 heterocycles. The summed E-state index contributed by atoms with van der Waals surface area (Å²) in [5, 5.41) is 12.2. The quantitative estimate of drug-likeness (QED) is 0.271. The predicted molar refractivity (Wildman–Crippen MR) is 179 cm³/mol. The van der Waals surface area contributed by atoms with Gasteiger partial charge >= 0.3 is 0 Å². The van der Waals surface area contributed by atoms with Crippen LogP contribution in [0.5, 0.6) is 0 Å². The van der Waals surface area contributed by atoms with Crippen LogP contribution in [0.3, 0.4) is 0 Å². The first kappa shape index (κ1) is 31.3. The zero-order chi connectivity index (χ0) is 31.1. The summed E-state index contributed by atoms with van der Waals surface area (Å²) in [6.07, 6.45) is 9.41. The molecule has 0 spiro atoms. The van der Waals surface area contributed by atoms with E-state index in [4.69, 9.17) is 10.8 Å². The van der Waals surface area contributed by atoms with Crippen molar-refractivity contribution >= 4 is 28.6 Å². The van der Waals surface area contributed by atoms with Gasteiger partial charge in [0.1, 0.15) is 5.56 Å². The Kier molecular flexibility index (Phi) is 10.4. The van der Waals surface area contributed by atoms with Crippen LogP contribution in [0.4, 0.5) is 11.6 Å². The van der Waals surface area contributed by atoms with Gasteiger partial charge in [-0.15, -0.1) is 0 Å². The van der Waals surface area contributed by atoms with Crippen molar-refractivity contribution in [1.82, 2.24) is 24.3 Å². The number of carbonyl (C=O) groups excluding carboxylic acids is 1. The van der Waals surface area contributed by atoms with Gasteiger partial charge < -0.3 is 30.5 Å². The van der Waals surface area contributed by atoms with Crippen molar-refractivity contribution in [2.45, 2.75) is 51.6 Å². The summed E-state index contributed by atoms with van der Waals surface area (Å²) >= 11 is 0. The molecule has 1 saturated carbocycles. The fraction of sp³-hybridized carbons (Fsp3) is 0.412. The molecule has 10 heteroatoms. The topological polar surface area (TPSA) is 130 Å². The molecule has 1 aliphatic heterocycles. The van der Waals surface area contributed by atoms with Crippen LogP contribution in [0.25, 0.3) is 16.7 Å². The molecule has 1 saturated heterocycles. The number of carbonyl (C=O) groups is 1. The molecule has 2 aromatic heterocycles. The second-order valence-electron chi connectivity index (χ2n) is 11.7. The zero-order valence-corrected chi connectivity index (χ0v) is 25.7. The molecule has 44 heavy (non-hydrogen) atoms. The smallest absolute Gasteiger partial charge is 0.254 e. The number of pyridine rings is 1. The highest BCUT2D eigenvalue weighted by molar-refractivity contribution is 5.96. The Balaban J connectivity index is 0.000000648. The first-order chi connectivity index (χ1) is 21.3. The maximum Gasteiger partial charge on any atom is 0.254 e. The molecule has 236 valence electrons. The van der Waals surface area contributed by atoms with Crippen molar-refractivity contribution < 1.29 is 12.8 Å². The number of piperazine rings is 1. The number of nitrogens with two attached hydrogens (primary N) is 1. The van der Waals surface area contributed by atoms with Gasteiger partial charge in [-0.05, 0) is 68.1 Å². The highest BCUT2D eigenvalue weighted by Gasteiger charge is 2.17. The number of fused-ring (bicyclic) bond motifs is 1. The van der Waals surface area contributed by atoms with Crippen molar-refractivity contribution in [1.29, 1.82) is 0 Å². The van der Waals surface area contributed by atoms with Crippen LogP contribution >= 0.6 is 0 Å². The molecule has 6 rings (SSSR count). The van der Waals surface area contributed by atoms with E-state index in [1.807, 2.05) is 36.4 Å². The first-order valence-corrected chi connectivity index (χ1v) is 15.6. The van der Waals surface area contributed by atoms with E-state index in [-0.39, 0.29) is 19.9 Å². The fourth-order valence-electron chi connectivity index (χ4n) is 5.58. The fourth-order valence-corrected chi connectivity index (χ4v) is 5.58. The summed E-state index contributed by atoms with van der Waals surface area (Å²) in [5.41, 5.74) is 9.38. The van der Waals surface area contributed by atoms with Gasteiger partial charge in [0.25, 0.3) is 5.91 Å². The lowest BCUT2D eigenvalue weighted by atomic mass is 10.1. The normalized spacial score (nSPS) is 16.1. The second-order valence-corrected chi connectivity index (χ2v) is 11.7. The van der Waals surface area contributed by atoms with Crippen molar-refractivity contribution in [3.05, 3.63) is 87.8 Å². The average Bonchev–Trinajstić information content (AvgIpc) is 3.53. The summed E-state index contributed by atoms with van der Waals surface area (Å²) in [6.45, 7) is 7.61. The van der Waals surface area contributed by atoms with E-state index in [1.165, 1.54) is 36.4 Å². The number of aromatic nitrogens is 3. The van der Waals surface area contributed by atoms with Crippen molar-refractivity contribution in [3.8, 4) is 5.69 Å². The number of hydrogen-bond acceptors (Lipinski definition) is 8. The van der Waals surface area contributed by atoms with Gasteiger partial charge in [-0.3, -0.25) is 9.59 Å². The molecule has 10 nitrogen and oxygen atoms in total. The number of aryl methyl sites for hydroxylation is 1. The molecule has 0 atom stereocenters. The molecule has 1 amide bonds. The van der Waals surface area contributed by atoms with E-state index < -0.39 is 11.3 Å². The van der Waals surface area contributed by atoms with Gasteiger partial charge in [-0.1, -0.05) is 44.0 Å². The number of rotatable bonds is 8. The Hall–Kier alpha value is -4.12. The Morgan fingerprint density at radius 2 is 1.68 bits per heavy atom. The number of aliphatic hydroxyl groups excluding tert-OH is 1. The maximum absolute atomic E-state index is 12.9. The van der Waals surface area contributed by atoms with E-state index in [0.717, 1.165) is 69.8 Å². The number of nitrogens with zero attached hydrogens (tertiary/aromatic N) is 5. The van der Waals surface area contributed by atoms with Crippen LogP contribution in [-0.4, -0.2) is 81.2 Å². The van der Waals surface area contributed by atoms with Gasteiger partial charge in [0, 0.05) is 59.3 Å². The second kappa shape index (κ2) is 14.6. The molecule has 1 aliphatic carbocycles. The van der Waals surface area contributed by atoms with Crippen LogP contribution < -0.4 is 16.5 Å². The maximum atomic E-state index is 12.9. The van der Waals surface area contributed by atoms with Crippen LogP contribution in [0.15, 0.2) is 65.7 Å². The summed E-state index contributed by atoms with van der Waals surface area (Å²) in [4.78, 5) is 38.8. The average molecular weight is 602 g/mol. The Morgan fingerprint density at radius 3 is 2.27 bits per heavy atom. The first-order valence-electron chi connectivity index (χ1n) is 15.6. The molecule has 2 aromatic carbocycles. The van der Waals surface area contributed by atoms with Crippen molar-refractivity contribution in [2.75, 3.05) is 45.1 Å². The van der Waals surface area contributed by atoms with Gasteiger partial charge in [-0.2, -0.15) is 4.98 Å². The third kappa shape index (κ3) is 7.88. The molecule has 0 unspecified atom stereocenters. The highest BCUT2D eigenvalue weighted by atomic mass is 16.3. The van der Waals surface area contributed by atoms with Crippen LogP contribution in [0, 0.1) is 0 Å². The number of anilines is 2. The number of aliphatic hydroxyl groups is 1. The third-order valence-corrected chi connectivity index (χ3v) is 8.48. The molecule has 2 fully saturated rings. The molecular weight excluding hydrogens is 554 g/mol. The molecule has 4 aromatic rings. The van der Waals surface area contributed by atoms with Crippen LogP contribution in [-0.2, 0) is 12.8 Å². The van der Waals surface area contributed by atoms with E-state index in [1.54, 1.807) is 4.57 Å².